The van der Waals surface area contributed by atoms with Crippen molar-refractivity contribution in [1.82, 2.24) is 0 Å². The van der Waals surface area contributed by atoms with Crippen molar-refractivity contribution in [3.63, 3.8) is 0 Å². The van der Waals surface area contributed by atoms with Crippen molar-refractivity contribution in [3.8, 4) is 0 Å². The summed E-state index contributed by atoms with van der Waals surface area (Å²) in [5, 5.41) is 0. The quantitative estimate of drug-likeness (QED) is 0.337. The molecule has 0 aromatic carbocycles. The van der Waals surface area contributed by atoms with E-state index in [2.05, 4.69) is 0 Å². The molecule has 3 nitrogen and oxygen atoms in total. The van der Waals surface area contributed by atoms with Crippen LogP contribution in [0.4, 0.5) is 0 Å². The van der Waals surface area contributed by atoms with Crippen LogP contribution in [-0.2, 0) is 230 Å². The molecule has 1 fully saturated rings. The summed E-state index contributed by atoms with van der Waals surface area (Å²) in [6.45, 7) is 0. The standard InChI is InChI=1S/3CH.9Hg.3O/h3*1H;;;;;;;;;;;;. The van der Waals surface area contributed by atoms with Gasteiger partial charge in [-0.3, -0.25) is 0 Å². The third-order valence-corrected chi connectivity index (χ3v) is 163. The average molecular weight is 1890 g/mol. The van der Waals surface area contributed by atoms with Crippen LogP contribution in [0.3, 0.4) is 0 Å². The van der Waals surface area contributed by atoms with Crippen LogP contribution < -0.4 is 0 Å². The summed E-state index contributed by atoms with van der Waals surface area (Å²) in [7, 11) is 0. The minimum atomic E-state index is -0.722. The molecular formula is C3H3Hg9O3. The predicted octanol–water partition coefficient (Wildman–Crippen LogP) is 0.786. The van der Waals surface area contributed by atoms with Gasteiger partial charge in [-0.05, 0) is 0 Å². The van der Waals surface area contributed by atoms with Gasteiger partial charge in [0.1, 0.15) is 0 Å². The molecule has 1 rings (SSSR count). The van der Waals surface area contributed by atoms with Crippen LogP contribution in [0.15, 0.2) is 0 Å². The minimum absolute atomic E-state index is 0.722. The second-order valence-corrected chi connectivity index (χ2v) is 256. The first-order valence-electron chi connectivity index (χ1n) is 5.41. The fraction of sp³-hybridized carbons (Fsp3) is 1.00. The second-order valence-electron chi connectivity index (χ2n) is 4.21. The van der Waals surface area contributed by atoms with Crippen molar-refractivity contribution in [2.45, 2.75) is -4.67 Å². The molecule has 12 heteroatoms. The molecule has 0 aliphatic carbocycles. The van der Waals surface area contributed by atoms with E-state index in [-0.39, 0.29) is 0 Å². The third-order valence-electron chi connectivity index (χ3n) is 2.12. The van der Waals surface area contributed by atoms with E-state index in [0.717, 1.165) is 78.4 Å². The van der Waals surface area contributed by atoms with Gasteiger partial charge in [0.05, 0.1) is 0 Å². The first kappa shape index (κ1) is 21.3. The molecule has 1 saturated heterocycles. The van der Waals surface area contributed by atoms with Crippen LogP contribution >= 0.6 is 0 Å². The average Bonchev–Trinajstić information content (AvgIpc) is 2.16. The summed E-state index contributed by atoms with van der Waals surface area (Å²) in [6, 6.07) is 0. The Kier molecular flexibility index (Phi) is 20.8. The van der Waals surface area contributed by atoms with E-state index in [4.69, 9.17) is 1.66 Å². The molecule has 15 heavy (non-hydrogen) atoms. The van der Waals surface area contributed by atoms with Gasteiger partial charge in [-0.15, -0.1) is 0 Å². The van der Waals surface area contributed by atoms with Gasteiger partial charge < -0.3 is 0 Å². The van der Waals surface area contributed by atoms with Crippen molar-refractivity contribution in [3.05, 3.63) is 0 Å². The number of hydrogen-bond acceptors (Lipinski definition) is 3. The van der Waals surface area contributed by atoms with Crippen molar-refractivity contribution in [2.75, 3.05) is 0 Å². The van der Waals surface area contributed by atoms with E-state index in [1.165, 1.54) is -4.67 Å². The van der Waals surface area contributed by atoms with Gasteiger partial charge in [0, 0.05) is 0 Å². The molecule has 0 amide bonds. The van der Waals surface area contributed by atoms with E-state index in [0.29, 0.717) is 0 Å². The molecule has 1 aliphatic heterocycles. The van der Waals surface area contributed by atoms with Gasteiger partial charge in [0.2, 0.25) is 0 Å². The van der Waals surface area contributed by atoms with Gasteiger partial charge in [-0.25, -0.2) is 0 Å². The first-order chi connectivity index (χ1) is 7.18. The van der Waals surface area contributed by atoms with Gasteiger partial charge >= 0.3 is 226 Å². The molecule has 1 aliphatic rings. The topological polar surface area (TPSA) is 27.7 Å². The zero-order valence-electron chi connectivity index (χ0n) is 9.32. The van der Waals surface area contributed by atoms with Crippen molar-refractivity contribution in [1.29, 1.82) is 0 Å². The maximum absolute atomic E-state index is 6.31. The predicted molar refractivity (Wildman–Crippen MR) is 14.5 cm³/mol. The van der Waals surface area contributed by atoms with E-state index >= 15 is 0 Å². The van der Waals surface area contributed by atoms with E-state index in [1.54, 1.807) is 0 Å². The molecule has 0 radical (unpaired) electrons. The molecule has 0 spiro atoms. The number of rotatable bonds is 0. The van der Waals surface area contributed by atoms with Crippen LogP contribution in [0.25, 0.3) is 0 Å². The van der Waals surface area contributed by atoms with Crippen molar-refractivity contribution in [2.24, 2.45) is 0 Å². The molecular weight excluding hydrogens is 1890 g/mol. The Morgan fingerprint density at radius 3 is 0.933 bits per heavy atom. The van der Waals surface area contributed by atoms with Crippen LogP contribution in [0.1, 0.15) is 0 Å². The second kappa shape index (κ2) is 14.6. The number of hydrogen-bond donors (Lipinski definition) is 0. The van der Waals surface area contributed by atoms with Crippen molar-refractivity contribution >= 4 is 0 Å². The monoisotopic (exact) mass is 1900 g/mol. The summed E-state index contributed by atoms with van der Waals surface area (Å²) >= 11 is -1.10. The molecule has 0 unspecified atom stereocenters. The molecule has 0 bridgehead atoms. The van der Waals surface area contributed by atoms with E-state index < -0.39 is 150 Å². The maximum atomic E-state index is 6.31. The normalized spacial score (nSPS) is 30.4. The van der Waals surface area contributed by atoms with Gasteiger partial charge in [0.15, 0.2) is 0 Å². The molecule has 1 heterocycles. The van der Waals surface area contributed by atoms with Crippen LogP contribution in [0.5, 0.6) is 0 Å². The SMILES string of the molecule is [Hg][CH]1[Hg][O][Hg][CH]([Hg])[Hg][O][Hg][CH]([Hg])[Hg][O][Hg]1. The Balaban J connectivity index is 2.30. The Bertz CT molecular complexity index is 130. The van der Waals surface area contributed by atoms with Gasteiger partial charge in [-0.2, -0.15) is 0 Å². The molecule has 0 atom stereocenters. The Labute approximate surface area is 217 Å². The molecule has 0 saturated carbocycles. The molecule has 51 valence electrons. The molecule has 0 N–H and O–H groups in total. The van der Waals surface area contributed by atoms with Gasteiger partial charge in [0.25, 0.3) is 0 Å². The molecule has 0 aromatic heterocycles. The van der Waals surface area contributed by atoms with E-state index in [9.17, 15) is 0 Å². The molecule has 0 aromatic rings. The van der Waals surface area contributed by atoms with E-state index in [1.807, 2.05) is 0 Å². The summed E-state index contributed by atoms with van der Waals surface area (Å²) in [6.07, 6.45) is 0. The van der Waals surface area contributed by atoms with Crippen LogP contribution in [-0.4, -0.2) is 0 Å². The van der Waals surface area contributed by atoms with Crippen molar-refractivity contribution < 1.29 is 230 Å². The van der Waals surface area contributed by atoms with Crippen LogP contribution in [0.2, 0.25) is -4.67 Å². The van der Waals surface area contributed by atoms with Gasteiger partial charge in [-0.1, -0.05) is 0 Å². The Morgan fingerprint density at radius 2 is 0.733 bits per heavy atom. The first-order valence-corrected chi connectivity index (χ1v) is 47.4. The Hall–Kier alpha value is 8.30. The zero-order valence-corrected chi connectivity index (χ0v) is 58.8. The fourth-order valence-corrected chi connectivity index (χ4v) is 703. The fourth-order valence-electron chi connectivity index (χ4n) is 1.35. The van der Waals surface area contributed by atoms with Crippen LogP contribution in [0, 0.1) is 0 Å². The summed E-state index contributed by atoms with van der Waals surface area (Å²) in [5.41, 5.74) is 0. The summed E-state index contributed by atoms with van der Waals surface area (Å²) in [5.74, 6) is 0. The third kappa shape index (κ3) is 13.3. The Morgan fingerprint density at radius 1 is 0.533 bits per heavy atom. The zero-order chi connectivity index (χ0) is 11.1. The summed E-state index contributed by atoms with van der Waals surface area (Å²) < 4.78 is 22.9. The summed E-state index contributed by atoms with van der Waals surface area (Å²) in [4.78, 5) is 0.